The van der Waals surface area contributed by atoms with Gasteiger partial charge in [0.15, 0.2) is 0 Å². The average Bonchev–Trinajstić information content (AvgIpc) is 2.77. The highest BCUT2D eigenvalue weighted by molar-refractivity contribution is 5.89. The summed E-state index contributed by atoms with van der Waals surface area (Å²) in [6.07, 6.45) is 6.33. The van der Waals surface area contributed by atoms with E-state index in [4.69, 9.17) is 9.47 Å². The van der Waals surface area contributed by atoms with E-state index in [1.807, 2.05) is 44.2 Å². The molecule has 1 aromatic carbocycles. The first-order chi connectivity index (χ1) is 14.9. The lowest BCUT2D eigenvalue weighted by Crippen LogP contribution is -2.53. The molecule has 0 spiro atoms. The number of esters is 1. The van der Waals surface area contributed by atoms with Crippen LogP contribution in [0, 0.1) is 5.92 Å². The number of unbranched alkanes of at least 4 members (excludes halogenated alkanes) is 5. The molecule has 31 heavy (non-hydrogen) atoms. The molecule has 2 N–H and O–H groups in total. The molecule has 7 nitrogen and oxygen atoms in total. The highest BCUT2D eigenvalue weighted by Crippen LogP contribution is 2.11. The highest BCUT2D eigenvalue weighted by atomic mass is 16.5. The van der Waals surface area contributed by atoms with Crippen molar-refractivity contribution in [3.63, 3.8) is 0 Å². The van der Waals surface area contributed by atoms with E-state index in [-0.39, 0.29) is 12.5 Å². The number of carbonyl (C=O) groups excluding carboxylic acids is 3. The lowest BCUT2D eigenvalue weighted by Gasteiger charge is -2.24. The van der Waals surface area contributed by atoms with E-state index in [2.05, 4.69) is 17.6 Å². The first kappa shape index (κ1) is 26.5. The van der Waals surface area contributed by atoms with E-state index in [0.29, 0.717) is 6.42 Å². The molecule has 7 heteroatoms. The number of carbonyl (C=O) groups is 3. The Kier molecular flexibility index (Phi) is 13.0. The number of ether oxygens (including phenoxy) is 2. The van der Waals surface area contributed by atoms with Gasteiger partial charge >= 0.3 is 12.1 Å². The van der Waals surface area contributed by atoms with Gasteiger partial charge in [0, 0.05) is 0 Å². The molecule has 0 unspecified atom stereocenters. The topological polar surface area (TPSA) is 93.7 Å². The minimum absolute atomic E-state index is 0.113. The third-order valence-corrected chi connectivity index (χ3v) is 5.08. The third kappa shape index (κ3) is 10.9. The summed E-state index contributed by atoms with van der Waals surface area (Å²) in [6, 6.07) is 7.75. The molecule has 0 heterocycles. The fourth-order valence-corrected chi connectivity index (χ4v) is 3.21. The van der Waals surface area contributed by atoms with Gasteiger partial charge in [-0.15, -0.1) is 0 Å². The molecule has 0 aliphatic rings. The SMILES string of the molecule is CCCCCCCC[C@@H](NC(=O)[C@@H](NC(=O)OCc1ccccc1)C(C)C)C(=O)OC. The van der Waals surface area contributed by atoms with Crippen molar-refractivity contribution in [1.82, 2.24) is 10.6 Å². The van der Waals surface area contributed by atoms with E-state index in [9.17, 15) is 14.4 Å². The number of methoxy groups -OCH3 is 1. The van der Waals surface area contributed by atoms with Crippen LogP contribution in [-0.4, -0.2) is 37.2 Å². The Hall–Kier alpha value is -2.57. The van der Waals surface area contributed by atoms with E-state index in [0.717, 1.165) is 24.8 Å². The second-order valence-corrected chi connectivity index (χ2v) is 8.07. The zero-order chi connectivity index (χ0) is 23.1. The summed E-state index contributed by atoms with van der Waals surface area (Å²) < 4.78 is 10.1. The molecular formula is C24H38N2O5. The van der Waals surface area contributed by atoms with Crippen molar-refractivity contribution in [2.75, 3.05) is 7.11 Å². The Morgan fingerprint density at radius 2 is 1.58 bits per heavy atom. The van der Waals surface area contributed by atoms with Crippen molar-refractivity contribution in [3.05, 3.63) is 35.9 Å². The van der Waals surface area contributed by atoms with Crippen LogP contribution in [0.5, 0.6) is 0 Å². The smallest absolute Gasteiger partial charge is 0.408 e. The van der Waals surface area contributed by atoms with Crippen LogP contribution >= 0.6 is 0 Å². The van der Waals surface area contributed by atoms with Gasteiger partial charge in [0.05, 0.1) is 7.11 Å². The molecule has 0 fully saturated rings. The molecule has 2 atom stereocenters. The molecule has 0 saturated heterocycles. The number of hydrogen-bond donors (Lipinski definition) is 2. The minimum Gasteiger partial charge on any atom is -0.467 e. The molecule has 0 radical (unpaired) electrons. The fraction of sp³-hybridized carbons (Fsp3) is 0.625. The number of rotatable bonds is 14. The molecule has 2 amide bonds. The molecule has 0 aliphatic carbocycles. The lowest BCUT2D eigenvalue weighted by molar-refractivity contribution is -0.145. The summed E-state index contributed by atoms with van der Waals surface area (Å²) in [4.78, 5) is 37.2. The Balaban J connectivity index is 2.58. The Labute approximate surface area is 186 Å². The van der Waals surface area contributed by atoms with Crippen molar-refractivity contribution in [3.8, 4) is 0 Å². The minimum atomic E-state index is -0.819. The van der Waals surface area contributed by atoms with Gasteiger partial charge in [-0.05, 0) is 17.9 Å². The maximum atomic E-state index is 12.8. The normalized spacial score (nSPS) is 12.7. The van der Waals surface area contributed by atoms with Crippen LogP contribution in [0.15, 0.2) is 30.3 Å². The standard InChI is InChI=1S/C24H38N2O5/c1-5-6-7-8-9-13-16-20(23(28)30-4)25-22(27)21(18(2)3)26-24(29)31-17-19-14-11-10-12-15-19/h10-12,14-15,18,20-21H,5-9,13,16-17H2,1-4H3,(H,25,27)(H,26,29)/t20-,21+/m1/s1. The number of hydrogen-bond acceptors (Lipinski definition) is 5. The van der Waals surface area contributed by atoms with Crippen molar-refractivity contribution in [2.24, 2.45) is 5.92 Å². The van der Waals surface area contributed by atoms with Gasteiger partial charge in [0.1, 0.15) is 18.7 Å². The predicted octanol–water partition coefficient (Wildman–Crippen LogP) is 4.35. The Bertz CT molecular complexity index is 663. The fourth-order valence-electron chi connectivity index (χ4n) is 3.21. The summed E-state index contributed by atoms with van der Waals surface area (Å²) in [5.74, 6) is -1.08. The average molecular weight is 435 g/mol. The number of nitrogens with one attached hydrogen (secondary N) is 2. The quantitative estimate of drug-likeness (QED) is 0.335. The summed E-state index contributed by atoms with van der Waals surface area (Å²) in [5, 5.41) is 5.36. The highest BCUT2D eigenvalue weighted by Gasteiger charge is 2.29. The zero-order valence-corrected chi connectivity index (χ0v) is 19.3. The van der Waals surface area contributed by atoms with Gasteiger partial charge < -0.3 is 20.1 Å². The van der Waals surface area contributed by atoms with Crippen LogP contribution < -0.4 is 10.6 Å². The van der Waals surface area contributed by atoms with Gasteiger partial charge in [0.2, 0.25) is 5.91 Å². The molecular weight excluding hydrogens is 396 g/mol. The van der Waals surface area contributed by atoms with Crippen LogP contribution in [-0.2, 0) is 25.7 Å². The maximum Gasteiger partial charge on any atom is 0.408 e. The first-order valence-electron chi connectivity index (χ1n) is 11.2. The van der Waals surface area contributed by atoms with Crippen molar-refractivity contribution < 1.29 is 23.9 Å². The summed E-state index contributed by atoms with van der Waals surface area (Å²) >= 11 is 0. The monoisotopic (exact) mass is 434 g/mol. The maximum absolute atomic E-state index is 12.8. The van der Waals surface area contributed by atoms with Crippen LogP contribution in [0.3, 0.4) is 0 Å². The van der Waals surface area contributed by atoms with Crippen molar-refractivity contribution in [2.45, 2.75) is 84.4 Å². The molecule has 0 aliphatic heterocycles. The second-order valence-electron chi connectivity index (χ2n) is 8.07. The second kappa shape index (κ2) is 15.3. The van der Waals surface area contributed by atoms with E-state index in [1.165, 1.54) is 26.4 Å². The van der Waals surface area contributed by atoms with Crippen LogP contribution in [0.2, 0.25) is 0 Å². The van der Waals surface area contributed by atoms with Crippen LogP contribution in [0.1, 0.15) is 71.3 Å². The van der Waals surface area contributed by atoms with Gasteiger partial charge in [-0.1, -0.05) is 89.6 Å². The van der Waals surface area contributed by atoms with Gasteiger partial charge in [-0.25, -0.2) is 9.59 Å². The molecule has 1 aromatic rings. The van der Waals surface area contributed by atoms with Crippen LogP contribution in [0.4, 0.5) is 4.79 Å². The van der Waals surface area contributed by atoms with Gasteiger partial charge in [-0.3, -0.25) is 4.79 Å². The zero-order valence-electron chi connectivity index (χ0n) is 19.3. The largest absolute Gasteiger partial charge is 0.467 e. The Morgan fingerprint density at radius 3 is 2.19 bits per heavy atom. The molecule has 0 aromatic heterocycles. The molecule has 1 rings (SSSR count). The predicted molar refractivity (Wildman–Crippen MR) is 120 cm³/mol. The first-order valence-corrected chi connectivity index (χ1v) is 11.2. The van der Waals surface area contributed by atoms with Crippen LogP contribution in [0.25, 0.3) is 0 Å². The van der Waals surface area contributed by atoms with E-state index >= 15 is 0 Å². The Morgan fingerprint density at radius 1 is 0.935 bits per heavy atom. The molecule has 174 valence electrons. The van der Waals surface area contributed by atoms with E-state index in [1.54, 1.807) is 0 Å². The van der Waals surface area contributed by atoms with Crippen molar-refractivity contribution >= 4 is 18.0 Å². The van der Waals surface area contributed by atoms with Gasteiger partial charge in [-0.2, -0.15) is 0 Å². The number of alkyl carbamates (subject to hydrolysis) is 1. The molecule has 0 saturated carbocycles. The lowest BCUT2D eigenvalue weighted by atomic mass is 10.0. The summed E-state index contributed by atoms with van der Waals surface area (Å²) in [6.45, 7) is 5.92. The van der Waals surface area contributed by atoms with Crippen molar-refractivity contribution in [1.29, 1.82) is 0 Å². The summed E-state index contributed by atoms with van der Waals surface area (Å²) in [5.41, 5.74) is 0.855. The van der Waals surface area contributed by atoms with Gasteiger partial charge in [0.25, 0.3) is 0 Å². The van der Waals surface area contributed by atoms with E-state index < -0.39 is 30.1 Å². The molecule has 0 bridgehead atoms. The third-order valence-electron chi connectivity index (χ3n) is 5.08. The number of benzene rings is 1. The number of amides is 2. The summed E-state index contributed by atoms with van der Waals surface area (Å²) in [7, 11) is 1.31.